The van der Waals surface area contributed by atoms with Crippen molar-refractivity contribution in [3.8, 4) is 5.75 Å². The van der Waals surface area contributed by atoms with Gasteiger partial charge >= 0.3 is 0 Å². The van der Waals surface area contributed by atoms with E-state index in [1.54, 1.807) is 0 Å². The van der Waals surface area contributed by atoms with Gasteiger partial charge < -0.3 is 9.30 Å². The Morgan fingerprint density at radius 2 is 2.10 bits per heavy atom. The first-order chi connectivity index (χ1) is 10.3. The lowest BCUT2D eigenvalue weighted by Crippen LogP contribution is -2.00. The highest BCUT2D eigenvalue weighted by molar-refractivity contribution is 6.35. The van der Waals surface area contributed by atoms with Crippen LogP contribution in [0.25, 0.3) is 10.9 Å². The van der Waals surface area contributed by atoms with Crippen molar-refractivity contribution in [3.05, 3.63) is 64.8 Å². The van der Waals surface area contributed by atoms with Crippen LogP contribution in [0.4, 0.5) is 0 Å². The molecule has 3 heteroatoms. The number of para-hydroxylation sites is 1. The van der Waals surface area contributed by atoms with E-state index >= 15 is 0 Å². The van der Waals surface area contributed by atoms with Gasteiger partial charge in [-0.05, 0) is 35.7 Å². The lowest BCUT2D eigenvalue weighted by Gasteiger charge is -2.08. The Morgan fingerprint density at radius 3 is 3.05 bits per heavy atom. The van der Waals surface area contributed by atoms with Crippen LogP contribution in [0, 0.1) is 0 Å². The predicted molar refractivity (Wildman–Crippen MR) is 86.3 cm³/mol. The molecule has 0 bridgehead atoms. The molecule has 0 aliphatic carbocycles. The van der Waals surface area contributed by atoms with Crippen molar-refractivity contribution in [1.29, 1.82) is 0 Å². The van der Waals surface area contributed by atoms with Crippen molar-refractivity contribution in [1.82, 2.24) is 4.57 Å². The van der Waals surface area contributed by atoms with E-state index in [2.05, 4.69) is 41.1 Å². The largest absolute Gasteiger partial charge is 0.493 e. The third-order valence-corrected chi connectivity index (χ3v) is 4.44. The van der Waals surface area contributed by atoms with E-state index < -0.39 is 0 Å². The first-order valence-corrected chi connectivity index (χ1v) is 7.67. The zero-order valence-corrected chi connectivity index (χ0v) is 12.4. The van der Waals surface area contributed by atoms with Gasteiger partial charge in [-0.3, -0.25) is 0 Å². The van der Waals surface area contributed by atoms with Crippen molar-refractivity contribution in [2.24, 2.45) is 0 Å². The van der Waals surface area contributed by atoms with Crippen LogP contribution in [0.15, 0.2) is 48.7 Å². The third kappa shape index (κ3) is 2.30. The topological polar surface area (TPSA) is 14.2 Å². The van der Waals surface area contributed by atoms with E-state index in [1.165, 1.54) is 16.5 Å². The maximum atomic E-state index is 6.32. The number of ether oxygens (including phenoxy) is 1. The van der Waals surface area contributed by atoms with Crippen LogP contribution in [0.3, 0.4) is 0 Å². The predicted octanol–water partition coefficient (Wildman–Crippen LogP) is 4.47. The molecule has 0 atom stereocenters. The van der Waals surface area contributed by atoms with E-state index in [0.29, 0.717) is 0 Å². The van der Waals surface area contributed by atoms with Gasteiger partial charge in [0.25, 0.3) is 0 Å². The minimum Gasteiger partial charge on any atom is -0.493 e. The number of fused-ring (bicyclic) bond motifs is 2. The van der Waals surface area contributed by atoms with Gasteiger partial charge in [-0.25, -0.2) is 0 Å². The van der Waals surface area contributed by atoms with Crippen molar-refractivity contribution < 1.29 is 4.74 Å². The molecule has 0 unspecified atom stereocenters. The first-order valence-electron chi connectivity index (χ1n) is 7.29. The van der Waals surface area contributed by atoms with Gasteiger partial charge in [0.05, 0.1) is 17.1 Å². The molecule has 0 amide bonds. The van der Waals surface area contributed by atoms with Crippen molar-refractivity contribution in [2.45, 2.75) is 19.4 Å². The molecule has 2 nitrogen and oxygen atoms in total. The Morgan fingerprint density at radius 1 is 1.14 bits per heavy atom. The van der Waals surface area contributed by atoms with Crippen LogP contribution >= 0.6 is 11.6 Å². The summed E-state index contributed by atoms with van der Waals surface area (Å²) >= 11 is 6.32. The number of rotatable bonds is 3. The smallest absolute Gasteiger partial charge is 0.122 e. The lowest BCUT2D eigenvalue weighted by atomic mass is 10.1. The van der Waals surface area contributed by atoms with Crippen LogP contribution in [-0.4, -0.2) is 11.2 Å². The molecule has 106 valence electrons. The molecule has 1 aromatic heterocycles. The Balaban J connectivity index is 1.58. The average Bonchev–Trinajstić information content (AvgIpc) is 3.11. The van der Waals surface area contributed by atoms with Crippen molar-refractivity contribution in [3.63, 3.8) is 0 Å². The summed E-state index contributed by atoms with van der Waals surface area (Å²) in [4.78, 5) is 0. The normalized spacial score (nSPS) is 13.4. The van der Waals surface area contributed by atoms with Gasteiger partial charge in [-0.1, -0.05) is 35.9 Å². The fourth-order valence-corrected chi connectivity index (χ4v) is 3.34. The van der Waals surface area contributed by atoms with E-state index in [9.17, 15) is 0 Å². The Kier molecular flexibility index (Phi) is 3.12. The monoisotopic (exact) mass is 297 g/mol. The summed E-state index contributed by atoms with van der Waals surface area (Å²) in [5, 5.41) is 2.02. The second-order valence-electron chi connectivity index (χ2n) is 5.48. The number of aryl methyl sites for hydroxylation is 2. The lowest BCUT2D eigenvalue weighted by molar-refractivity contribution is 0.357. The van der Waals surface area contributed by atoms with Gasteiger partial charge in [0.1, 0.15) is 5.75 Å². The quantitative estimate of drug-likeness (QED) is 0.695. The average molecular weight is 298 g/mol. The van der Waals surface area contributed by atoms with Crippen molar-refractivity contribution >= 4 is 22.5 Å². The first kappa shape index (κ1) is 12.8. The molecule has 1 aliphatic heterocycles. The van der Waals surface area contributed by atoms with Crippen LogP contribution in [0.1, 0.15) is 11.1 Å². The van der Waals surface area contributed by atoms with Crippen LogP contribution in [-0.2, 0) is 19.4 Å². The summed E-state index contributed by atoms with van der Waals surface area (Å²) in [6, 6.07) is 14.7. The Bertz CT molecular complexity index is 806. The Labute approximate surface area is 128 Å². The fourth-order valence-electron chi connectivity index (χ4n) is 3.05. The van der Waals surface area contributed by atoms with Gasteiger partial charge in [0.15, 0.2) is 0 Å². The molecule has 0 radical (unpaired) electrons. The molecule has 0 spiro atoms. The minimum atomic E-state index is 0.816. The van der Waals surface area contributed by atoms with E-state index in [4.69, 9.17) is 16.3 Å². The maximum Gasteiger partial charge on any atom is 0.122 e. The molecule has 3 aromatic rings. The number of benzene rings is 2. The molecule has 21 heavy (non-hydrogen) atoms. The molecule has 2 heterocycles. The molecule has 1 aliphatic rings. The van der Waals surface area contributed by atoms with E-state index in [1.807, 2.05) is 12.1 Å². The summed E-state index contributed by atoms with van der Waals surface area (Å²) in [5.41, 5.74) is 3.82. The second kappa shape index (κ2) is 5.12. The summed E-state index contributed by atoms with van der Waals surface area (Å²) in [6.45, 7) is 1.75. The molecule has 0 fully saturated rings. The van der Waals surface area contributed by atoms with Crippen LogP contribution < -0.4 is 4.74 Å². The molecule has 0 saturated heterocycles. The molecular weight excluding hydrogens is 282 g/mol. The highest BCUT2D eigenvalue weighted by atomic mass is 35.5. The molecule has 0 N–H and O–H groups in total. The van der Waals surface area contributed by atoms with Gasteiger partial charge in [0, 0.05) is 24.5 Å². The highest BCUT2D eigenvalue weighted by Gasteiger charge is 2.12. The Hall–Kier alpha value is -1.93. The zero-order chi connectivity index (χ0) is 14.2. The van der Waals surface area contributed by atoms with E-state index in [0.717, 1.165) is 42.3 Å². The van der Waals surface area contributed by atoms with Crippen LogP contribution in [0.2, 0.25) is 5.02 Å². The van der Waals surface area contributed by atoms with Gasteiger partial charge in [-0.2, -0.15) is 0 Å². The molecule has 2 aromatic carbocycles. The van der Waals surface area contributed by atoms with Gasteiger partial charge in [-0.15, -0.1) is 0 Å². The van der Waals surface area contributed by atoms with Crippen molar-refractivity contribution in [2.75, 3.05) is 6.61 Å². The summed E-state index contributed by atoms with van der Waals surface area (Å²) in [5.74, 6) is 1.05. The zero-order valence-electron chi connectivity index (χ0n) is 11.7. The number of aromatic nitrogens is 1. The summed E-state index contributed by atoms with van der Waals surface area (Å²) in [7, 11) is 0. The number of hydrogen-bond donors (Lipinski definition) is 0. The third-order valence-electron chi connectivity index (χ3n) is 4.13. The summed E-state index contributed by atoms with van der Waals surface area (Å²) in [6.07, 6.45) is 4.15. The molecule has 0 saturated carbocycles. The van der Waals surface area contributed by atoms with E-state index in [-0.39, 0.29) is 0 Å². The number of nitrogens with zero attached hydrogens (tertiary/aromatic N) is 1. The van der Waals surface area contributed by atoms with Gasteiger partial charge in [0.2, 0.25) is 0 Å². The minimum absolute atomic E-state index is 0.816. The number of hydrogen-bond acceptors (Lipinski definition) is 1. The fraction of sp³-hybridized carbons (Fsp3) is 0.222. The molecular formula is C18H16ClNO. The standard InChI is InChI=1S/C18H16ClNO/c19-16-3-1-2-14-7-10-20(18(14)16)9-6-13-4-5-17-15(12-13)8-11-21-17/h1-5,7,10,12H,6,8-9,11H2. The summed E-state index contributed by atoms with van der Waals surface area (Å²) < 4.78 is 7.79. The van der Waals surface area contributed by atoms with Crippen LogP contribution in [0.5, 0.6) is 5.75 Å². The SMILES string of the molecule is Clc1cccc2ccn(CCc3ccc4c(c3)CCO4)c12. The second-order valence-corrected chi connectivity index (χ2v) is 5.88. The molecule has 4 rings (SSSR count). The maximum absolute atomic E-state index is 6.32. The highest BCUT2D eigenvalue weighted by Crippen LogP contribution is 2.27. The number of halogens is 1.